The first kappa shape index (κ1) is 14.9. The molecule has 1 N–H and O–H groups in total. The van der Waals surface area contributed by atoms with Gasteiger partial charge in [0.15, 0.2) is 0 Å². The number of hydrogen-bond donors (Lipinski definition) is 1. The monoisotopic (exact) mass is 298 g/mol. The first-order valence-electron chi connectivity index (χ1n) is 7.84. The van der Waals surface area contributed by atoms with E-state index in [1.807, 2.05) is 30.3 Å². The van der Waals surface area contributed by atoms with Crippen LogP contribution in [0.2, 0.25) is 0 Å². The lowest BCUT2D eigenvalue weighted by molar-refractivity contribution is 0.200. The van der Waals surface area contributed by atoms with Crippen molar-refractivity contribution in [2.75, 3.05) is 13.7 Å². The predicted molar refractivity (Wildman–Crippen MR) is 86.8 cm³/mol. The summed E-state index contributed by atoms with van der Waals surface area (Å²) in [6.45, 7) is 2.33. The van der Waals surface area contributed by atoms with E-state index in [0.717, 1.165) is 41.2 Å². The Hall–Kier alpha value is -2.00. The molecule has 0 spiro atoms. The third-order valence-electron chi connectivity index (χ3n) is 4.40. The maximum absolute atomic E-state index is 9.90. The molecule has 2 aromatic carbocycles. The van der Waals surface area contributed by atoms with Gasteiger partial charge >= 0.3 is 0 Å². The minimum absolute atomic E-state index is 0.163. The number of hydrogen-bond acceptors (Lipinski definition) is 3. The largest absolute Gasteiger partial charge is 0.497 e. The number of rotatable bonds is 5. The van der Waals surface area contributed by atoms with Crippen molar-refractivity contribution < 1.29 is 14.6 Å². The summed E-state index contributed by atoms with van der Waals surface area (Å²) in [6.07, 6.45) is 2.04. The molecule has 1 aliphatic heterocycles. The summed E-state index contributed by atoms with van der Waals surface area (Å²) in [5, 5.41) is 9.90. The van der Waals surface area contributed by atoms with Gasteiger partial charge in [0.2, 0.25) is 0 Å². The Labute approximate surface area is 131 Å². The maximum atomic E-state index is 9.90. The highest BCUT2D eigenvalue weighted by atomic mass is 16.5. The summed E-state index contributed by atoms with van der Waals surface area (Å²) in [7, 11) is 1.66. The third-order valence-corrected chi connectivity index (χ3v) is 4.40. The molecule has 2 aromatic rings. The van der Waals surface area contributed by atoms with Crippen LogP contribution in [0.5, 0.6) is 17.2 Å². The van der Waals surface area contributed by atoms with E-state index < -0.39 is 0 Å². The molecule has 3 heteroatoms. The lowest BCUT2D eigenvalue weighted by atomic mass is 9.77. The second-order valence-electron chi connectivity index (χ2n) is 5.75. The second kappa shape index (κ2) is 6.41. The molecule has 0 saturated carbocycles. The minimum Gasteiger partial charge on any atom is -0.497 e. The van der Waals surface area contributed by atoms with Crippen LogP contribution in [0.15, 0.2) is 42.5 Å². The standard InChI is InChI=1S/C19H22O3/c1-3-6-13(12-20)19-15-7-4-5-8-17(15)22-18-11-14(21-2)9-10-16(18)19/h4-5,7-11,13,19-20H,3,6,12H2,1-2H3/t13-,19+/m0/s1. The number of ether oxygens (including phenoxy) is 2. The normalized spacial score (nSPS) is 17.1. The minimum atomic E-state index is 0.163. The Morgan fingerprint density at radius 3 is 2.64 bits per heavy atom. The summed E-state index contributed by atoms with van der Waals surface area (Å²) in [6, 6.07) is 14.1. The molecule has 3 rings (SSSR count). The van der Waals surface area contributed by atoms with Gasteiger partial charge in [-0.15, -0.1) is 0 Å². The quantitative estimate of drug-likeness (QED) is 0.892. The van der Waals surface area contributed by atoms with Crippen LogP contribution in [0.4, 0.5) is 0 Å². The zero-order chi connectivity index (χ0) is 15.5. The molecule has 22 heavy (non-hydrogen) atoms. The van der Waals surface area contributed by atoms with Crippen molar-refractivity contribution in [3.63, 3.8) is 0 Å². The van der Waals surface area contributed by atoms with Crippen LogP contribution in [-0.2, 0) is 0 Å². The van der Waals surface area contributed by atoms with Gasteiger partial charge in [0, 0.05) is 29.7 Å². The van der Waals surface area contributed by atoms with E-state index in [-0.39, 0.29) is 18.4 Å². The second-order valence-corrected chi connectivity index (χ2v) is 5.75. The van der Waals surface area contributed by atoms with Crippen LogP contribution in [0.25, 0.3) is 0 Å². The highest BCUT2D eigenvalue weighted by Gasteiger charge is 2.32. The van der Waals surface area contributed by atoms with Crippen molar-refractivity contribution in [3.8, 4) is 17.2 Å². The topological polar surface area (TPSA) is 38.7 Å². The van der Waals surface area contributed by atoms with Crippen LogP contribution < -0.4 is 9.47 Å². The van der Waals surface area contributed by atoms with E-state index in [9.17, 15) is 5.11 Å². The van der Waals surface area contributed by atoms with Crippen molar-refractivity contribution in [2.24, 2.45) is 5.92 Å². The molecule has 1 aliphatic rings. The van der Waals surface area contributed by atoms with E-state index >= 15 is 0 Å². The average Bonchev–Trinajstić information content (AvgIpc) is 2.57. The molecule has 2 atom stereocenters. The van der Waals surface area contributed by atoms with Crippen LogP contribution in [0.3, 0.4) is 0 Å². The zero-order valence-electron chi connectivity index (χ0n) is 13.1. The fourth-order valence-corrected chi connectivity index (χ4v) is 3.35. The van der Waals surface area contributed by atoms with E-state index in [1.165, 1.54) is 0 Å². The van der Waals surface area contributed by atoms with Crippen molar-refractivity contribution in [1.29, 1.82) is 0 Å². The molecular weight excluding hydrogens is 276 g/mol. The molecule has 0 fully saturated rings. The molecule has 1 heterocycles. The van der Waals surface area contributed by atoms with Gasteiger partial charge in [0.1, 0.15) is 17.2 Å². The summed E-state index contributed by atoms with van der Waals surface area (Å²) in [4.78, 5) is 0. The molecule has 3 nitrogen and oxygen atoms in total. The molecule has 0 amide bonds. The van der Waals surface area contributed by atoms with E-state index in [4.69, 9.17) is 9.47 Å². The van der Waals surface area contributed by atoms with E-state index in [0.29, 0.717) is 0 Å². The molecule has 116 valence electrons. The van der Waals surface area contributed by atoms with Crippen LogP contribution >= 0.6 is 0 Å². The number of aliphatic hydroxyl groups excluding tert-OH is 1. The molecule has 0 unspecified atom stereocenters. The molecule has 0 saturated heterocycles. The van der Waals surface area contributed by atoms with Crippen molar-refractivity contribution in [1.82, 2.24) is 0 Å². The van der Waals surface area contributed by atoms with Gasteiger partial charge < -0.3 is 14.6 Å². The van der Waals surface area contributed by atoms with Gasteiger partial charge in [-0.05, 0) is 24.5 Å². The van der Waals surface area contributed by atoms with E-state index in [1.54, 1.807) is 7.11 Å². The average molecular weight is 298 g/mol. The van der Waals surface area contributed by atoms with Gasteiger partial charge in [0.05, 0.1) is 7.11 Å². The predicted octanol–water partition coefficient (Wildman–Crippen LogP) is 4.34. The van der Waals surface area contributed by atoms with Gasteiger partial charge in [-0.2, -0.15) is 0 Å². The van der Waals surface area contributed by atoms with Gasteiger partial charge in [0.25, 0.3) is 0 Å². The number of methoxy groups -OCH3 is 1. The fourth-order valence-electron chi connectivity index (χ4n) is 3.35. The van der Waals surface area contributed by atoms with Crippen LogP contribution in [0, 0.1) is 5.92 Å². The summed E-state index contributed by atoms with van der Waals surface area (Å²) < 4.78 is 11.4. The fraction of sp³-hybridized carbons (Fsp3) is 0.368. The zero-order valence-corrected chi connectivity index (χ0v) is 13.1. The Morgan fingerprint density at radius 2 is 1.91 bits per heavy atom. The molecule has 0 bridgehead atoms. The Balaban J connectivity index is 2.11. The number of benzene rings is 2. The van der Waals surface area contributed by atoms with Crippen molar-refractivity contribution >= 4 is 0 Å². The highest BCUT2D eigenvalue weighted by Crippen LogP contribution is 2.49. The molecule has 0 aromatic heterocycles. The molecule has 0 aliphatic carbocycles. The molecule has 0 radical (unpaired) electrons. The van der Waals surface area contributed by atoms with Gasteiger partial charge in [-0.25, -0.2) is 0 Å². The first-order chi connectivity index (χ1) is 10.8. The Morgan fingerprint density at radius 1 is 1.14 bits per heavy atom. The highest BCUT2D eigenvalue weighted by molar-refractivity contribution is 5.55. The molecular formula is C19H22O3. The van der Waals surface area contributed by atoms with Crippen molar-refractivity contribution in [3.05, 3.63) is 53.6 Å². The third kappa shape index (κ3) is 2.57. The Kier molecular flexibility index (Phi) is 4.34. The maximum Gasteiger partial charge on any atom is 0.134 e. The summed E-state index contributed by atoms with van der Waals surface area (Å²) in [5.74, 6) is 2.85. The lowest BCUT2D eigenvalue weighted by Gasteiger charge is -2.33. The lowest BCUT2D eigenvalue weighted by Crippen LogP contribution is -2.21. The van der Waals surface area contributed by atoms with Gasteiger partial charge in [-0.1, -0.05) is 37.6 Å². The summed E-state index contributed by atoms with van der Waals surface area (Å²) in [5.41, 5.74) is 2.29. The SMILES string of the molecule is CCC[C@@H](CO)[C@@H]1c2ccccc2Oc2cc(OC)ccc21. The first-order valence-corrected chi connectivity index (χ1v) is 7.84. The van der Waals surface area contributed by atoms with Crippen LogP contribution in [-0.4, -0.2) is 18.8 Å². The number of fused-ring (bicyclic) bond motifs is 2. The number of aliphatic hydroxyl groups is 1. The van der Waals surface area contributed by atoms with Gasteiger partial charge in [-0.3, -0.25) is 0 Å². The van der Waals surface area contributed by atoms with E-state index in [2.05, 4.69) is 19.1 Å². The van der Waals surface area contributed by atoms with Crippen LogP contribution in [0.1, 0.15) is 36.8 Å². The number of para-hydroxylation sites is 1. The smallest absolute Gasteiger partial charge is 0.134 e. The van der Waals surface area contributed by atoms with Crippen molar-refractivity contribution in [2.45, 2.75) is 25.7 Å². The summed E-state index contributed by atoms with van der Waals surface area (Å²) >= 11 is 0. The Bertz CT molecular complexity index is 651.